The lowest BCUT2D eigenvalue weighted by atomic mass is 9.79. The first-order valence-corrected chi connectivity index (χ1v) is 9.57. The minimum Gasteiger partial charge on any atom is -0.494 e. The highest BCUT2D eigenvalue weighted by Crippen LogP contribution is 2.52. The zero-order valence-corrected chi connectivity index (χ0v) is 15.4. The summed E-state index contributed by atoms with van der Waals surface area (Å²) in [6.07, 6.45) is 4.53. The monoisotopic (exact) mass is 374 g/mol. The summed E-state index contributed by atoms with van der Waals surface area (Å²) in [5.41, 5.74) is 5.20. The van der Waals surface area contributed by atoms with E-state index in [9.17, 15) is 19.5 Å². The van der Waals surface area contributed by atoms with Gasteiger partial charge in [0.05, 0.1) is 18.4 Å². The molecule has 2 bridgehead atoms. The predicted molar refractivity (Wildman–Crippen MR) is 97.9 cm³/mol. The minimum atomic E-state index is -0.924. The van der Waals surface area contributed by atoms with Crippen molar-refractivity contribution in [1.82, 2.24) is 10.9 Å². The molecule has 4 atom stereocenters. The van der Waals surface area contributed by atoms with Crippen LogP contribution in [-0.2, 0) is 9.59 Å². The number of hydrogen-bond acceptors (Lipinski definition) is 4. The smallest absolute Gasteiger partial charge is 0.307 e. The van der Waals surface area contributed by atoms with E-state index in [4.69, 9.17) is 4.74 Å². The third kappa shape index (κ3) is 4.23. The van der Waals surface area contributed by atoms with E-state index in [1.54, 1.807) is 24.3 Å². The molecule has 0 aliphatic heterocycles. The van der Waals surface area contributed by atoms with Gasteiger partial charge in [-0.2, -0.15) is 0 Å². The highest BCUT2D eigenvalue weighted by molar-refractivity contribution is 5.96. The lowest BCUT2D eigenvalue weighted by Gasteiger charge is -2.26. The quantitative estimate of drug-likeness (QED) is 0.502. The Morgan fingerprint density at radius 3 is 2.37 bits per heavy atom. The van der Waals surface area contributed by atoms with E-state index in [1.165, 1.54) is 0 Å². The topological polar surface area (TPSA) is 105 Å². The first-order chi connectivity index (χ1) is 13.0. The number of ether oxygens (including phenoxy) is 1. The molecule has 7 nitrogen and oxygen atoms in total. The van der Waals surface area contributed by atoms with Crippen molar-refractivity contribution in [2.24, 2.45) is 23.7 Å². The average Bonchev–Trinajstić information content (AvgIpc) is 3.28. The van der Waals surface area contributed by atoms with Gasteiger partial charge in [-0.3, -0.25) is 25.2 Å². The number of unbranched alkanes of at least 4 members (excludes halogenated alkanes) is 1. The highest BCUT2D eigenvalue weighted by Gasteiger charge is 2.54. The van der Waals surface area contributed by atoms with Gasteiger partial charge < -0.3 is 9.84 Å². The Kier molecular flexibility index (Phi) is 5.98. The maximum absolute atomic E-state index is 12.5. The SMILES string of the molecule is CCCCOc1ccc(C(=O)NNC(=O)[C@H]2[C@@H]3CC[C@@H](C3)[C@@H]2C(=O)O)cc1. The second-order valence-electron chi connectivity index (χ2n) is 7.39. The molecule has 0 saturated heterocycles. The molecule has 0 heterocycles. The fourth-order valence-corrected chi connectivity index (χ4v) is 4.33. The summed E-state index contributed by atoms with van der Waals surface area (Å²) in [5.74, 6) is -2.16. The summed E-state index contributed by atoms with van der Waals surface area (Å²) in [4.78, 5) is 36.2. The number of carboxylic acids is 1. The Bertz CT molecular complexity index is 703. The number of benzene rings is 1. The van der Waals surface area contributed by atoms with Crippen LogP contribution in [0.2, 0.25) is 0 Å². The zero-order valence-electron chi connectivity index (χ0n) is 15.4. The van der Waals surface area contributed by atoms with E-state index in [-0.39, 0.29) is 11.8 Å². The summed E-state index contributed by atoms with van der Waals surface area (Å²) >= 11 is 0. The van der Waals surface area contributed by atoms with Gasteiger partial charge in [-0.1, -0.05) is 13.3 Å². The molecule has 1 aromatic rings. The van der Waals surface area contributed by atoms with Gasteiger partial charge >= 0.3 is 5.97 Å². The fraction of sp³-hybridized carbons (Fsp3) is 0.550. The Hall–Kier alpha value is -2.57. The van der Waals surface area contributed by atoms with Crippen LogP contribution in [0.25, 0.3) is 0 Å². The molecule has 0 aromatic heterocycles. The Labute approximate surface area is 158 Å². The van der Waals surface area contributed by atoms with E-state index in [0.29, 0.717) is 17.9 Å². The van der Waals surface area contributed by atoms with Crippen molar-refractivity contribution in [3.63, 3.8) is 0 Å². The number of fused-ring (bicyclic) bond motifs is 2. The molecule has 2 aliphatic carbocycles. The molecule has 2 fully saturated rings. The van der Waals surface area contributed by atoms with Gasteiger partial charge in [-0.05, 0) is 61.8 Å². The van der Waals surface area contributed by atoms with Crippen LogP contribution < -0.4 is 15.6 Å². The average molecular weight is 374 g/mol. The van der Waals surface area contributed by atoms with Crippen LogP contribution in [0.1, 0.15) is 49.4 Å². The van der Waals surface area contributed by atoms with Crippen LogP contribution in [0.5, 0.6) is 5.75 Å². The number of nitrogens with one attached hydrogen (secondary N) is 2. The standard InChI is InChI=1S/C20H26N2O5/c1-2-3-10-27-15-8-6-12(7-9-15)18(23)21-22-19(24)16-13-4-5-14(11-13)17(16)20(25)26/h6-9,13-14,16-17H,2-5,10-11H2,1H3,(H,21,23)(H,22,24)(H,25,26)/t13-,14+,16+,17+/m1/s1. The molecule has 3 N–H and O–H groups in total. The lowest BCUT2D eigenvalue weighted by Crippen LogP contribution is -2.48. The van der Waals surface area contributed by atoms with Gasteiger partial charge in [0.1, 0.15) is 5.75 Å². The van der Waals surface area contributed by atoms with Crippen molar-refractivity contribution in [1.29, 1.82) is 0 Å². The van der Waals surface area contributed by atoms with Crippen LogP contribution in [0.3, 0.4) is 0 Å². The summed E-state index contributed by atoms with van der Waals surface area (Å²) < 4.78 is 5.55. The van der Waals surface area contributed by atoms with Crippen LogP contribution in [0, 0.1) is 23.7 Å². The molecule has 1 aromatic carbocycles. The van der Waals surface area contributed by atoms with Crippen molar-refractivity contribution in [2.45, 2.75) is 39.0 Å². The number of rotatable bonds is 7. The van der Waals surface area contributed by atoms with Gasteiger partial charge in [-0.25, -0.2) is 0 Å². The van der Waals surface area contributed by atoms with Crippen LogP contribution in [0.4, 0.5) is 0 Å². The zero-order chi connectivity index (χ0) is 19.4. The largest absolute Gasteiger partial charge is 0.494 e. The Morgan fingerprint density at radius 1 is 1.07 bits per heavy atom. The maximum Gasteiger partial charge on any atom is 0.307 e. The van der Waals surface area contributed by atoms with E-state index in [2.05, 4.69) is 17.8 Å². The molecule has 2 amide bonds. The lowest BCUT2D eigenvalue weighted by molar-refractivity contribution is -0.149. The Morgan fingerprint density at radius 2 is 1.74 bits per heavy atom. The second-order valence-corrected chi connectivity index (χ2v) is 7.39. The molecule has 27 heavy (non-hydrogen) atoms. The molecule has 2 saturated carbocycles. The molecule has 0 unspecified atom stereocenters. The third-order valence-electron chi connectivity index (χ3n) is 5.69. The van der Waals surface area contributed by atoms with Crippen molar-refractivity contribution in [3.8, 4) is 5.75 Å². The molecule has 146 valence electrons. The summed E-state index contributed by atoms with van der Waals surface area (Å²) in [6, 6.07) is 6.67. The van der Waals surface area contributed by atoms with E-state index in [0.717, 1.165) is 32.1 Å². The summed E-state index contributed by atoms with van der Waals surface area (Å²) in [7, 11) is 0. The number of carboxylic acid groups (broad SMARTS) is 1. The van der Waals surface area contributed by atoms with E-state index in [1.807, 2.05) is 0 Å². The van der Waals surface area contributed by atoms with Gasteiger partial charge in [0.15, 0.2) is 0 Å². The van der Waals surface area contributed by atoms with E-state index < -0.39 is 29.6 Å². The fourth-order valence-electron chi connectivity index (χ4n) is 4.33. The van der Waals surface area contributed by atoms with Crippen molar-refractivity contribution in [3.05, 3.63) is 29.8 Å². The number of carbonyl (C=O) groups is 3. The first kappa shape index (κ1) is 19.2. The minimum absolute atomic E-state index is 0.0687. The number of carbonyl (C=O) groups excluding carboxylic acids is 2. The van der Waals surface area contributed by atoms with Crippen LogP contribution in [0.15, 0.2) is 24.3 Å². The molecule has 0 radical (unpaired) electrons. The number of aliphatic carboxylic acids is 1. The van der Waals surface area contributed by atoms with Crippen LogP contribution in [-0.4, -0.2) is 29.5 Å². The van der Waals surface area contributed by atoms with Gasteiger partial charge in [0.25, 0.3) is 5.91 Å². The van der Waals surface area contributed by atoms with Gasteiger partial charge in [-0.15, -0.1) is 0 Å². The second kappa shape index (κ2) is 8.41. The summed E-state index contributed by atoms with van der Waals surface area (Å²) in [6.45, 7) is 2.72. The number of hydrazine groups is 1. The third-order valence-corrected chi connectivity index (χ3v) is 5.69. The molecule has 7 heteroatoms. The normalized spacial score (nSPS) is 25.8. The van der Waals surface area contributed by atoms with Crippen molar-refractivity contribution >= 4 is 17.8 Å². The van der Waals surface area contributed by atoms with Gasteiger partial charge in [0.2, 0.25) is 5.91 Å². The summed E-state index contributed by atoms with van der Waals surface area (Å²) in [5, 5.41) is 9.43. The highest BCUT2D eigenvalue weighted by atomic mass is 16.5. The molecule has 0 spiro atoms. The number of hydrogen-bond donors (Lipinski definition) is 3. The van der Waals surface area contributed by atoms with E-state index >= 15 is 0 Å². The Balaban J connectivity index is 1.53. The first-order valence-electron chi connectivity index (χ1n) is 9.57. The predicted octanol–water partition coefficient (Wildman–Crippen LogP) is 2.37. The maximum atomic E-state index is 12.5. The molecular weight excluding hydrogens is 348 g/mol. The van der Waals surface area contributed by atoms with Gasteiger partial charge in [0, 0.05) is 5.56 Å². The molecule has 2 aliphatic rings. The number of amides is 2. The van der Waals surface area contributed by atoms with Crippen molar-refractivity contribution < 1.29 is 24.2 Å². The molecular formula is C20H26N2O5. The van der Waals surface area contributed by atoms with Crippen LogP contribution >= 0.6 is 0 Å². The van der Waals surface area contributed by atoms with Crippen molar-refractivity contribution in [2.75, 3.05) is 6.61 Å². The molecule has 3 rings (SSSR count).